The molecule has 0 bridgehead atoms. The second-order valence-corrected chi connectivity index (χ2v) is 7.53. The molecule has 150 valence electrons. The van der Waals surface area contributed by atoms with Gasteiger partial charge in [-0.15, -0.1) is 0 Å². The summed E-state index contributed by atoms with van der Waals surface area (Å²) in [5.41, 5.74) is -0.512. The topological polar surface area (TPSA) is 93.7 Å². The molecule has 0 saturated carbocycles. The van der Waals surface area contributed by atoms with Crippen molar-refractivity contribution < 1.29 is 23.9 Å². The van der Waals surface area contributed by atoms with Gasteiger partial charge in [-0.25, -0.2) is 9.59 Å². The van der Waals surface area contributed by atoms with Gasteiger partial charge in [-0.05, 0) is 45.7 Å². The minimum absolute atomic E-state index is 0.0848. The molecule has 9 heteroatoms. The second-order valence-electron chi connectivity index (χ2n) is 6.72. The summed E-state index contributed by atoms with van der Waals surface area (Å²) in [5.74, 6) is -1.19. The molecule has 0 aromatic heterocycles. The Morgan fingerprint density at radius 2 is 1.74 bits per heavy atom. The van der Waals surface area contributed by atoms with Gasteiger partial charge in [-0.2, -0.15) is 0 Å². The van der Waals surface area contributed by atoms with Crippen molar-refractivity contribution in [2.75, 3.05) is 13.7 Å². The van der Waals surface area contributed by atoms with Gasteiger partial charge in [0.1, 0.15) is 11.6 Å². The highest BCUT2D eigenvalue weighted by atomic mass is 35.5. The molecule has 27 heavy (non-hydrogen) atoms. The number of alkyl carbamates (subject to hydrolysis) is 1. The predicted octanol–water partition coefficient (Wildman–Crippen LogP) is 3.57. The molecular weight excluding hydrogens is 395 g/mol. The normalized spacial score (nSPS) is 12.1. The van der Waals surface area contributed by atoms with E-state index in [0.717, 1.165) is 0 Å². The van der Waals surface area contributed by atoms with E-state index in [1.165, 1.54) is 19.2 Å². The van der Waals surface area contributed by atoms with Crippen LogP contribution in [-0.4, -0.2) is 43.3 Å². The van der Waals surface area contributed by atoms with Gasteiger partial charge in [0.2, 0.25) is 0 Å². The number of halogens is 2. The zero-order valence-electron chi connectivity index (χ0n) is 15.7. The van der Waals surface area contributed by atoms with E-state index in [1.807, 2.05) is 0 Å². The fraction of sp³-hybridized carbons (Fsp3) is 0.500. The van der Waals surface area contributed by atoms with Crippen molar-refractivity contribution in [2.45, 2.75) is 45.3 Å². The van der Waals surface area contributed by atoms with E-state index >= 15 is 0 Å². The van der Waals surface area contributed by atoms with Crippen LogP contribution < -0.4 is 10.6 Å². The highest BCUT2D eigenvalue weighted by Gasteiger charge is 2.24. The molecule has 0 saturated heterocycles. The van der Waals surface area contributed by atoms with Crippen LogP contribution in [0.5, 0.6) is 0 Å². The summed E-state index contributed by atoms with van der Waals surface area (Å²) in [5, 5.41) is 5.50. The summed E-state index contributed by atoms with van der Waals surface area (Å²) >= 11 is 12.0. The SMILES string of the molecule is COC(=O)C(CCCNC(=O)OC(C)(C)C)NC(=O)c1c(Cl)cccc1Cl. The first-order chi connectivity index (χ1) is 12.5. The van der Waals surface area contributed by atoms with E-state index in [2.05, 4.69) is 10.6 Å². The van der Waals surface area contributed by atoms with E-state index < -0.39 is 29.6 Å². The van der Waals surface area contributed by atoms with Crippen molar-refractivity contribution in [1.82, 2.24) is 10.6 Å². The van der Waals surface area contributed by atoms with E-state index in [9.17, 15) is 14.4 Å². The van der Waals surface area contributed by atoms with Crippen LogP contribution in [0, 0.1) is 0 Å². The van der Waals surface area contributed by atoms with Crippen LogP contribution in [0.1, 0.15) is 44.0 Å². The lowest BCUT2D eigenvalue weighted by atomic mass is 10.1. The maximum Gasteiger partial charge on any atom is 0.407 e. The summed E-state index contributed by atoms with van der Waals surface area (Å²) < 4.78 is 9.84. The molecule has 0 aliphatic carbocycles. The van der Waals surface area contributed by atoms with E-state index in [-0.39, 0.29) is 28.6 Å². The van der Waals surface area contributed by atoms with Crippen LogP contribution in [0.4, 0.5) is 4.79 Å². The Hall–Kier alpha value is -1.99. The molecule has 1 unspecified atom stereocenters. The first-order valence-electron chi connectivity index (χ1n) is 8.34. The predicted molar refractivity (Wildman–Crippen MR) is 103 cm³/mol. The molecule has 1 rings (SSSR count). The molecule has 0 heterocycles. The third kappa shape index (κ3) is 8.05. The van der Waals surface area contributed by atoms with Gasteiger partial charge in [-0.1, -0.05) is 29.3 Å². The van der Waals surface area contributed by atoms with Gasteiger partial charge < -0.3 is 20.1 Å². The molecule has 1 atom stereocenters. The van der Waals surface area contributed by atoms with Crippen molar-refractivity contribution in [3.63, 3.8) is 0 Å². The zero-order chi connectivity index (χ0) is 20.6. The Morgan fingerprint density at radius 1 is 1.15 bits per heavy atom. The maximum atomic E-state index is 12.4. The fourth-order valence-corrected chi connectivity index (χ4v) is 2.72. The molecule has 1 aromatic rings. The Labute approximate surface area is 168 Å². The number of hydrogen-bond acceptors (Lipinski definition) is 5. The van der Waals surface area contributed by atoms with E-state index in [4.69, 9.17) is 32.7 Å². The number of carbonyl (C=O) groups is 3. The number of ether oxygens (including phenoxy) is 2. The van der Waals surface area contributed by atoms with Gasteiger partial charge in [0.15, 0.2) is 0 Å². The van der Waals surface area contributed by atoms with Gasteiger partial charge in [-0.3, -0.25) is 4.79 Å². The molecule has 0 aliphatic heterocycles. The van der Waals surface area contributed by atoms with Gasteiger partial charge in [0, 0.05) is 6.54 Å². The van der Waals surface area contributed by atoms with Crippen molar-refractivity contribution in [3.05, 3.63) is 33.8 Å². The van der Waals surface area contributed by atoms with Gasteiger partial charge in [0.25, 0.3) is 5.91 Å². The van der Waals surface area contributed by atoms with E-state index in [0.29, 0.717) is 6.42 Å². The number of carbonyl (C=O) groups excluding carboxylic acids is 3. The Morgan fingerprint density at radius 3 is 2.26 bits per heavy atom. The minimum atomic E-state index is -0.907. The van der Waals surface area contributed by atoms with Crippen LogP contribution in [0.2, 0.25) is 10.0 Å². The van der Waals surface area contributed by atoms with Gasteiger partial charge >= 0.3 is 12.1 Å². The second kappa shape index (κ2) is 10.4. The maximum absolute atomic E-state index is 12.4. The first kappa shape index (κ1) is 23.0. The lowest BCUT2D eigenvalue weighted by Gasteiger charge is -2.20. The lowest BCUT2D eigenvalue weighted by molar-refractivity contribution is -0.143. The average molecular weight is 419 g/mol. The van der Waals surface area contributed by atoms with Crippen molar-refractivity contribution >= 4 is 41.2 Å². The first-order valence-corrected chi connectivity index (χ1v) is 9.10. The summed E-state index contributed by atoms with van der Waals surface area (Å²) in [6.07, 6.45) is 0.107. The van der Waals surface area contributed by atoms with Crippen molar-refractivity contribution in [3.8, 4) is 0 Å². The van der Waals surface area contributed by atoms with Crippen LogP contribution >= 0.6 is 23.2 Å². The quantitative estimate of drug-likeness (QED) is 0.521. The summed E-state index contributed by atoms with van der Waals surface area (Å²) in [7, 11) is 1.23. The molecule has 2 N–H and O–H groups in total. The summed E-state index contributed by atoms with van der Waals surface area (Å²) in [6, 6.07) is 3.76. The molecule has 2 amide bonds. The van der Waals surface area contributed by atoms with Crippen molar-refractivity contribution in [2.24, 2.45) is 0 Å². The fourth-order valence-electron chi connectivity index (χ4n) is 2.15. The Bertz CT molecular complexity index is 669. The molecule has 0 spiro atoms. The number of hydrogen-bond donors (Lipinski definition) is 2. The van der Waals surface area contributed by atoms with Crippen LogP contribution in [0.15, 0.2) is 18.2 Å². The standard InChI is InChI=1S/C18H24Cl2N2O5/c1-18(2,3)27-17(25)21-10-6-9-13(16(24)26-4)22-15(23)14-11(19)7-5-8-12(14)20/h5,7-8,13H,6,9-10H2,1-4H3,(H,21,25)(H,22,23). The average Bonchev–Trinajstić information content (AvgIpc) is 2.55. The summed E-state index contributed by atoms with van der Waals surface area (Å²) in [4.78, 5) is 36.0. The number of esters is 1. The number of amides is 2. The molecule has 7 nitrogen and oxygen atoms in total. The Kier molecular flexibility index (Phi) is 8.85. The van der Waals surface area contributed by atoms with E-state index in [1.54, 1.807) is 26.8 Å². The largest absolute Gasteiger partial charge is 0.467 e. The molecular formula is C18H24Cl2N2O5. The van der Waals surface area contributed by atoms with Crippen LogP contribution in [0.3, 0.4) is 0 Å². The molecule has 0 radical (unpaired) electrons. The molecule has 0 aliphatic rings. The number of benzene rings is 1. The monoisotopic (exact) mass is 418 g/mol. The van der Waals surface area contributed by atoms with Crippen LogP contribution in [-0.2, 0) is 14.3 Å². The number of nitrogens with one attached hydrogen (secondary N) is 2. The third-order valence-electron chi connectivity index (χ3n) is 3.32. The van der Waals surface area contributed by atoms with Crippen molar-refractivity contribution in [1.29, 1.82) is 0 Å². The summed E-state index contributed by atoms with van der Waals surface area (Å²) in [6.45, 7) is 5.55. The van der Waals surface area contributed by atoms with Crippen LogP contribution in [0.25, 0.3) is 0 Å². The van der Waals surface area contributed by atoms with Gasteiger partial charge in [0.05, 0.1) is 22.7 Å². The highest BCUT2D eigenvalue weighted by Crippen LogP contribution is 2.24. The molecule has 1 aromatic carbocycles. The lowest BCUT2D eigenvalue weighted by Crippen LogP contribution is -2.42. The highest BCUT2D eigenvalue weighted by molar-refractivity contribution is 6.39. The number of rotatable bonds is 7. The smallest absolute Gasteiger partial charge is 0.407 e. The number of methoxy groups -OCH3 is 1. The Balaban J connectivity index is 2.63. The zero-order valence-corrected chi connectivity index (χ0v) is 17.2. The minimum Gasteiger partial charge on any atom is -0.467 e. The third-order valence-corrected chi connectivity index (χ3v) is 3.95. The molecule has 0 fully saturated rings.